The van der Waals surface area contributed by atoms with E-state index in [1.165, 1.54) is 32.1 Å². The molecule has 0 spiro atoms. The van der Waals surface area contributed by atoms with Crippen LogP contribution in [0.15, 0.2) is 65.1 Å². The second kappa shape index (κ2) is 11.7. The van der Waals surface area contributed by atoms with Gasteiger partial charge in [0.25, 0.3) is 0 Å². The Morgan fingerprint density at radius 3 is 1.71 bits per heavy atom. The fourth-order valence-corrected chi connectivity index (χ4v) is 4.15. The number of hydrogen-bond donors (Lipinski definition) is 0. The Kier molecular flexibility index (Phi) is 8.63. The highest BCUT2D eigenvalue weighted by Crippen LogP contribution is 2.22. The summed E-state index contributed by atoms with van der Waals surface area (Å²) >= 11 is 0.916. The lowest BCUT2D eigenvalue weighted by Crippen LogP contribution is -2.16. The van der Waals surface area contributed by atoms with E-state index in [1.54, 1.807) is 0 Å². The quantitative estimate of drug-likeness (QED) is 0.312. The van der Waals surface area contributed by atoms with Gasteiger partial charge >= 0.3 is 5.30 Å². The first kappa shape index (κ1) is 20.7. The Morgan fingerprint density at radius 1 is 0.750 bits per heavy atom. The maximum absolute atomic E-state index is 12.5. The summed E-state index contributed by atoms with van der Waals surface area (Å²) in [4.78, 5) is 12.5. The molecule has 1 fully saturated rings. The number of nitrogens with zero attached hydrogens (tertiary/aromatic N) is 1. The van der Waals surface area contributed by atoms with Crippen LogP contribution in [-0.2, 0) is 4.74 Å². The van der Waals surface area contributed by atoms with Gasteiger partial charge in [-0.3, -0.25) is 0 Å². The van der Waals surface area contributed by atoms with E-state index in [0.717, 1.165) is 54.5 Å². The smallest absolute Gasteiger partial charge is 0.390 e. The van der Waals surface area contributed by atoms with Crippen molar-refractivity contribution in [3.05, 3.63) is 71.8 Å². The van der Waals surface area contributed by atoms with Gasteiger partial charge in [-0.25, -0.2) is 9.19 Å². The van der Waals surface area contributed by atoms with Crippen LogP contribution < -0.4 is 0 Å². The van der Waals surface area contributed by atoms with E-state index in [2.05, 4.69) is 4.40 Å². The highest BCUT2D eigenvalue weighted by molar-refractivity contribution is 8.12. The molecule has 1 aliphatic rings. The van der Waals surface area contributed by atoms with E-state index in [0.29, 0.717) is 0 Å². The van der Waals surface area contributed by atoms with Gasteiger partial charge in [-0.1, -0.05) is 92.8 Å². The van der Waals surface area contributed by atoms with Crippen LogP contribution in [0.2, 0.25) is 0 Å². The predicted octanol–water partition coefficient (Wildman–Crippen LogP) is 7.20. The van der Waals surface area contributed by atoms with E-state index in [4.69, 9.17) is 4.74 Å². The Hall–Kier alpha value is -2.07. The van der Waals surface area contributed by atoms with Gasteiger partial charge in [-0.05, 0) is 25.7 Å². The van der Waals surface area contributed by atoms with Crippen molar-refractivity contribution in [1.82, 2.24) is 0 Å². The Morgan fingerprint density at radius 2 is 1.21 bits per heavy atom. The molecule has 1 saturated carbocycles. The van der Waals surface area contributed by atoms with Gasteiger partial charge in [0.05, 0.1) is 17.7 Å². The van der Waals surface area contributed by atoms with Crippen molar-refractivity contribution in [2.75, 3.05) is 0 Å². The summed E-state index contributed by atoms with van der Waals surface area (Å²) in [7, 11) is 0. The standard InChI is InChI=1S/C24H29NO2S/c26-24(27-22-18-12-4-2-1-3-5-13-19-22)28-25-23(20-14-8-6-9-15-20)21-16-10-7-11-17-21/h6-11,14-17,22H,1-5,12-13,18-19H2. The maximum atomic E-state index is 12.5. The second-order valence-corrected chi connectivity index (χ2v) is 8.00. The van der Waals surface area contributed by atoms with Crippen LogP contribution in [0.1, 0.15) is 68.9 Å². The van der Waals surface area contributed by atoms with E-state index >= 15 is 0 Å². The fourth-order valence-electron chi connectivity index (χ4n) is 3.59. The summed E-state index contributed by atoms with van der Waals surface area (Å²) < 4.78 is 10.3. The summed E-state index contributed by atoms with van der Waals surface area (Å²) in [5.41, 5.74) is 2.79. The Labute approximate surface area is 172 Å². The molecule has 3 rings (SSSR count). The van der Waals surface area contributed by atoms with Gasteiger partial charge < -0.3 is 4.74 Å². The molecule has 0 atom stereocenters. The van der Waals surface area contributed by atoms with E-state index in [1.807, 2.05) is 60.7 Å². The summed E-state index contributed by atoms with van der Waals surface area (Å²) in [6, 6.07) is 19.9. The Balaban J connectivity index is 1.65. The zero-order valence-corrected chi connectivity index (χ0v) is 17.2. The average Bonchev–Trinajstić information content (AvgIpc) is 2.74. The van der Waals surface area contributed by atoms with Crippen LogP contribution in [0.3, 0.4) is 0 Å². The molecule has 2 aromatic rings. The minimum atomic E-state index is -0.300. The van der Waals surface area contributed by atoms with Crippen LogP contribution in [-0.4, -0.2) is 17.1 Å². The highest BCUT2D eigenvalue weighted by Gasteiger charge is 2.16. The molecule has 1 aliphatic carbocycles. The predicted molar refractivity (Wildman–Crippen MR) is 118 cm³/mol. The van der Waals surface area contributed by atoms with Crippen LogP contribution >= 0.6 is 11.9 Å². The van der Waals surface area contributed by atoms with Gasteiger partial charge in [-0.2, -0.15) is 0 Å². The molecule has 0 unspecified atom stereocenters. The number of carbonyl (C=O) groups is 1. The first-order chi connectivity index (χ1) is 13.8. The zero-order chi connectivity index (χ0) is 19.4. The third-order valence-electron chi connectivity index (χ3n) is 5.12. The molecule has 28 heavy (non-hydrogen) atoms. The fraction of sp³-hybridized carbons (Fsp3) is 0.417. The maximum Gasteiger partial charge on any atom is 0.390 e. The lowest BCUT2D eigenvalue weighted by Gasteiger charge is -2.18. The summed E-state index contributed by atoms with van der Waals surface area (Å²) in [6.07, 6.45) is 10.7. The SMILES string of the molecule is O=C(OC1CCCCCCCCC1)SN=C(c1ccccc1)c1ccccc1. The largest absolute Gasteiger partial charge is 0.453 e. The van der Waals surface area contributed by atoms with E-state index in [-0.39, 0.29) is 11.4 Å². The van der Waals surface area contributed by atoms with Crippen molar-refractivity contribution in [2.24, 2.45) is 4.40 Å². The molecule has 2 aromatic carbocycles. The topological polar surface area (TPSA) is 38.7 Å². The number of carbonyl (C=O) groups excluding carboxylic acids is 1. The average molecular weight is 396 g/mol. The molecule has 0 amide bonds. The van der Waals surface area contributed by atoms with Gasteiger partial charge in [-0.15, -0.1) is 0 Å². The van der Waals surface area contributed by atoms with Crippen molar-refractivity contribution in [1.29, 1.82) is 0 Å². The van der Waals surface area contributed by atoms with Crippen LogP contribution in [0, 0.1) is 0 Å². The summed E-state index contributed by atoms with van der Waals surface area (Å²) in [6.45, 7) is 0. The van der Waals surface area contributed by atoms with Crippen molar-refractivity contribution < 1.29 is 9.53 Å². The summed E-state index contributed by atoms with van der Waals surface area (Å²) in [5.74, 6) is 0. The molecule has 0 bridgehead atoms. The van der Waals surface area contributed by atoms with Gasteiger partial charge in [0.1, 0.15) is 6.10 Å². The van der Waals surface area contributed by atoms with Crippen LogP contribution in [0.4, 0.5) is 4.79 Å². The lowest BCUT2D eigenvalue weighted by molar-refractivity contribution is 0.106. The van der Waals surface area contributed by atoms with Gasteiger partial charge in [0.2, 0.25) is 0 Å². The van der Waals surface area contributed by atoms with Crippen molar-refractivity contribution >= 4 is 23.0 Å². The molecule has 0 N–H and O–H groups in total. The van der Waals surface area contributed by atoms with E-state index < -0.39 is 0 Å². The molecule has 3 nitrogen and oxygen atoms in total. The van der Waals surface area contributed by atoms with Crippen molar-refractivity contribution in [2.45, 2.75) is 63.9 Å². The third-order valence-corrected chi connectivity index (χ3v) is 5.64. The summed E-state index contributed by atoms with van der Waals surface area (Å²) in [5, 5.41) is -0.300. The van der Waals surface area contributed by atoms with E-state index in [9.17, 15) is 4.79 Å². The lowest BCUT2D eigenvalue weighted by atomic mass is 9.99. The monoisotopic (exact) mass is 395 g/mol. The highest BCUT2D eigenvalue weighted by atomic mass is 32.2. The first-order valence-corrected chi connectivity index (χ1v) is 11.2. The molecule has 148 valence electrons. The molecule has 0 saturated heterocycles. The Bertz CT molecular complexity index is 694. The van der Waals surface area contributed by atoms with Crippen molar-refractivity contribution in [3.8, 4) is 0 Å². The molecule has 0 radical (unpaired) electrons. The minimum absolute atomic E-state index is 0.0326. The molecular weight excluding hydrogens is 366 g/mol. The number of hydrogen-bond acceptors (Lipinski definition) is 4. The van der Waals surface area contributed by atoms with Gasteiger partial charge in [0, 0.05) is 11.1 Å². The van der Waals surface area contributed by atoms with Gasteiger partial charge in [0.15, 0.2) is 0 Å². The van der Waals surface area contributed by atoms with Crippen LogP contribution in [0.5, 0.6) is 0 Å². The normalized spacial score (nSPS) is 16.1. The molecule has 0 aromatic heterocycles. The molecular formula is C24H29NO2S. The molecule has 0 heterocycles. The number of ether oxygens (including phenoxy) is 1. The number of rotatable bonds is 4. The third kappa shape index (κ3) is 6.83. The second-order valence-electron chi connectivity index (χ2n) is 7.31. The number of benzene rings is 2. The zero-order valence-electron chi connectivity index (χ0n) is 16.4. The molecule has 0 aliphatic heterocycles. The van der Waals surface area contributed by atoms with Crippen molar-refractivity contribution in [3.63, 3.8) is 0 Å². The van der Waals surface area contributed by atoms with Crippen LogP contribution in [0.25, 0.3) is 0 Å². The first-order valence-electron chi connectivity index (χ1n) is 10.4. The minimum Gasteiger partial charge on any atom is -0.453 e. The molecule has 4 heteroatoms.